The van der Waals surface area contributed by atoms with E-state index in [0.29, 0.717) is 0 Å². The molecular weight excluding hydrogens is 330 g/mol. The van der Waals surface area contributed by atoms with Crippen molar-refractivity contribution in [1.29, 1.82) is 0 Å². The van der Waals surface area contributed by atoms with Gasteiger partial charge in [0.05, 0.1) is 12.9 Å². The van der Waals surface area contributed by atoms with Crippen LogP contribution in [0.5, 0.6) is 0 Å². The molecule has 0 aromatic carbocycles. The van der Waals surface area contributed by atoms with E-state index < -0.39 is 31.1 Å². The molecule has 10 nitrogen and oxygen atoms in total. The van der Waals surface area contributed by atoms with Crippen molar-refractivity contribution in [3.63, 3.8) is 0 Å². The molecular formula is C12H14ClN5O5. The van der Waals surface area contributed by atoms with Gasteiger partial charge in [-0.3, -0.25) is 14.7 Å². The van der Waals surface area contributed by atoms with E-state index in [1.54, 1.807) is 0 Å². The maximum atomic E-state index is 11.1. The van der Waals surface area contributed by atoms with Gasteiger partial charge in [-0.05, 0) is 0 Å². The SMILES string of the molecule is CC(=O)Nc1nc(Cl)c2ncn([C@@H]3O[C@H](CO)[C@@H](O)[C@@H]3O)c2n1. The van der Waals surface area contributed by atoms with Crippen LogP contribution in [-0.4, -0.2) is 65.7 Å². The summed E-state index contributed by atoms with van der Waals surface area (Å²) in [4.78, 5) is 23.2. The smallest absolute Gasteiger partial charge is 0.232 e. The number of amides is 1. The second kappa shape index (κ2) is 5.98. The zero-order valence-electron chi connectivity index (χ0n) is 11.9. The number of nitrogens with one attached hydrogen (secondary N) is 1. The lowest BCUT2D eigenvalue weighted by Crippen LogP contribution is -2.33. The van der Waals surface area contributed by atoms with E-state index in [-0.39, 0.29) is 28.2 Å². The zero-order valence-corrected chi connectivity index (χ0v) is 12.7. The Morgan fingerprint density at radius 1 is 1.43 bits per heavy atom. The van der Waals surface area contributed by atoms with Crippen LogP contribution in [0.15, 0.2) is 6.33 Å². The summed E-state index contributed by atoms with van der Waals surface area (Å²) in [6.07, 6.45) is -3.16. The van der Waals surface area contributed by atoms with E-state index in [4.69, 9.17) is 21.4 Å². The highest BCUT2D eigenvalue weighted by Gasteiger charge is 2.44. The predicted molar refractivity (Wildman–Crippen MR) is 77.6 cm³/mol. The molecule has 23 heavy (non-hydrogen) atoms. The van der Waals surface area contributed by atoms with Crippen LogP contribution in [0.25, 0.3) is 11.2 Å². The fraction of sp³-hybridized carbons (Fsp3) is 0.500. The summed E-state index contributed by atoms with van der Waals surface area (Å²) >= 11 is 6.02. The number of imidazole rings is 1. The van der Waals surface area contributed by atoms with Gasteiger partial charge in [-0.15, -0.1) is 0 Å². The lowest BCUT2D eigenvalue weighted by Gasteiger charge is -2.16. The van der Waals surface area contributed by atoms with Gasteiger partial charge >= 0.3 is 0 Å². The van der Waals surface area contributed by atoms with Crippen molar-refractivity contribution in [2.24, 2.45) is 0 Å². The highest BCUT2D eigenvalue weighted by atomic mass is 35.5. The first-order chi connectivity index (χ1) is 10.9. The van der Waals surface area contributed by atoms with Crippen LogP contribution in [0.2, 0.25) is 5.15 Å². The minimum atomic E-state index is -1.29. The minimum absolute atomic E-state index is 0.0178. The summed E-state index contributed by atoms with van der Waals surface area (Å²) in [5, 5.41) is 31.5. The van der Waals surface area contributed by atoms with E-state index in [1.165, 1.54) is 17.8 Å². The second-order valence-electron chi connectivity index (χ2n) is 5.07. The Balaban J connectivity index is 2.05. The highest BCUT2D eigenvalue weighted by molar-refractivity contribution is 6.33. The number of hydrogen-bond donors (Lipinski definition) is 4. The maximum absolute atomic E-state index is 11.1. The van der Waals surface area contributed by atoms with Crippen LogP contribution in [-0.2, 0) is 9.53 Å². The number of aromatic nitrogens is 4. The molecule has 1 aliphatic rings. The van der Waals surface area contributed by atoms with Crippen LogP contribution in [0, 0.1) is 0 Å². The molecule has 0 aliphatic carbocycles. The third kappa shape index (κ3) is 2.75. The number of aliphatic hydroxyl groups excluding tert-OH is 3. The Bertz CT molecular complexity index is 753. The molecule has 3 rings (SSSR count). The number of nitrogens with zero attached hydrogens (tertiary/aromatic N) is 4. The van der Waals surface area contributed by atoms with Gasteiger partial charge in [0.2, 0.25) is 11.9 Å². The molecule has 2 aromatic rings. The molecule has 2 aromatic heterocycles. The van der Waals surface area contributed by atoms with Crippen LogP contribution in [0.4, 0.5) is 5.95 Å². The maximum Gasteiger partial charge on any atom is 0.232 e. The van der Waals surface area contributed by atoms with Gasteiger partial charge in [0.15, 0.2) is 17.0 Å². The van der Waals surface area contributed by atoms with Crippen molar-refractivity contribution in [1.82, 2.24) is 19.5 Å². The number of carbonyl (C=O) groups is 1. The van der Waals surface area contributed by atoms with Gasteiger partial charge in [0.25, 0.3) is 0 Å². The summed E-state index contributed by atoms with van der Waals surface area (Å²) in [6.45, 7) is 0.846. The van der Waals surface area contributed by atoms with Gasteiger partial charge < -0.3 is 20.1 Å². The zero-order chi connectivity index (χ0) is 16.7. The third-order valence-corrected chi connectivity index (χ3v) is 3.72. The van der Waals surface area contributed by atoms with E-state index in [0.717, 1.165) is 0 Å². The summed E-state index contributed by atoms with van der Waals surface area (Å²) in [6, 6.07) is 0. The molecule has 1 saturated heterocycles. The summed E-state index contributed by atoms with van der Waals surface area (Å²) in [5.74, 6) is -0.400. The molecule has 1 aliphatic heterocycles. The van der Waals surface area contributed by atoms with Crippen molar-refractivity contribution in [2.45, 2.75) is 31.5 Å². The summed E-state index contributed by atoms with van der Waals surface area (Å²) in [7, 11) is 0. The number of ether oxygens (including phenoxy) is 1. The molecule has 0 radical (unpaired) electrons. The first kappa shape index (κ1) is 16.0. The van der Waals surface area contributed by atoms with Gasteiger partial charge in [-0.25, -0.2) is 4.98 Å². The number of aliphatic hydroxyl groups is 3. The second-order valence-corrected chi connectivity index (χ2v) is 5.43. The van der Waals surface area contributed by atoms with Crippen molar-refractivity contribution < 1.29 is 24.9 Å². The molecule has 4 N–H and O–H groups in total. The number of carbonyl (C=O) groups excluding carboxylic acids is 1. The van der Waals surface area contributed by atoms with Crippen molar-refractivity contribution in [3.8, 4) is 0 Å². The normalized spacial score (nSPS) is 27.5. The van der Waals surface area contributed by atoms with Gasteiger partial charge in [0, 0.05) is 6.92 Å². The molecule has 0 saturated carbocycles. The fourth-order valence-electron chi connectivity index (χ4n) is 2.39. The van der Waals surface area contributed by atoms with Crippen molar-refractivity contribution in [3.05, 3.63) is 11.5 Å². The highest BCUT2D eigenvalue weighted by Crippen LogP contribution is 2.32. The molecule has 11 heteroatoms. The van der Waals surface area contributed by atoms with E-state index in [1.807, 2.05) is 0 Å². The van der Waals surface area contributed by atoms with Gasteiger partial charge in [-0.1, -0.05) is 11.6 Å². The number of anilines is 1. The summed E-state index contributed by atoms with van der Waals surface area (Å²) in [5.41, 5.74) is 0.460. The average molecular weight is 344 g/mol. The van der Waals surface area contributed by atoms with E-state index in [9.17, 15) is 15.0 Å². The monoisotopic (exact) mass is 343 g/mol. The standard InChI is InChI=1S/C12H14ClN5O5/c1-4(20)15-12-16-9(13)6-10(17-12)18(3-14-6)11-8(22)7(21)5(2-19)23-11/h3,5,7-8,11,19,21-22H,2H2,1H3,(H,15,16,17,20)/t5-,7-,8+,11-/m1/s1. The van der Waals surface area contributed by atoms with Crippen molar-refractivity contribution in [2.75, 3.05) is 11.9 Å². The Hall–Kier alpha value is -1.85. The molecule has 0 unspecified atom stereocenters. The van der Waals surface area contributed by atoms with E-state index >= 15 is 0 Å². The molecule has 4 atom stereocenters. The number of rotatable bonds is 3. The molecule has 1 amide bonds. The largest absolute Gasteiger partial charge is 0.394 e. The molecule has 0 spiro atoms. The van der Waals surface area contributed by atoms with Gasteiger partial charge in [0.1, 0.15) is 23.8 Å². The predicted octanol–water partition coefficient (Wildman–Crippen LogP) is -0.950. The Labute approximate surface area is 134 Å². The fourth-order valence-corrected chi connectivity index (χ4v) is 2.60. The number of hydrogen-bond acceptors (Lipinski definition) is 8. The topological polar surface area (TPSA) is 143 Å². The number of halogens is 1. The van der Waals surface area contributed by atoms with Crippen molar-refractivity contribution >= 4 is 34.6 Å². The quantitative estimate of drug-likeness (QED) is 0.522. The lowest BCUT2D eigenvalue weighted by molar-refractivity contribution is -0.114. The first-order valence-corrected chi connectivity index (χ1v) is 7.10. The molecule has 124 valence electrons. The first-order valence-electron chi connectivity index (χ1n) is 6.72. The Morgan fingerprint density at radius 2 is 2.17 bits per heavy atom. The van der Waals surface area contributed by atoms with Crippen LogP contribution >= 0.6 is 11.6 Å². The Morgan fingerprint density at radius 3 is 2.78 bits per heavy atom. The van der Waals surface area contributed by atoms with Crippen LogP contribution < -0.4 is 5.32 Å². The third-order valence-electron chi connectivity index (χ3n) is 3.46. The molecule has 0 bridgehead atoms. The minimum Gasteiger partial charge on any atom is -0.394 e. The van der Waals surface area contributed by atoms with Crippen LogP contribution in [0.1, 0.15) is 13.2 Å². The molecule has 1 fully saturated rings. The summed E-state index contributed by atoms with van der Waals surface area (Å²) < 4.78 is 6.79. The van der Waals surface area contributed by atoms with Gasteiger partial charge in [-0.2, -0.15) is 9.97 Å². The number of fused-ring (bicyclic) bond motifs is 1. The average Bonchev–Trinajstić information content (AvgIpc) is 3.01. The lowest BCUT2D eigenvalue weighted by atomic mass is 10.1. The Kier molecular flexibility index (Phi) is 4.17. The van der Waals surface area contributed by atoms with Crippen LogP contribution in [0.3, 0.4) is 0 Å². The van der Waals surface area contributed by atoms with E-state index in [2.05, 4.69) is 20.3 Å². The molecule has 3 heterocycles.